The molecule has 1 N–H and O–H groups in total. The summed E-state index contributed by atoms with van der Waals surface area (Å²) in [6, 6.07) is 5.78. The Bertz CT molecular complexity index is 635. The van der Waals surface area contributed by atoms with Crippen LogP contribution < -0.4 is 10.1 Å². The van der Waals surface area contributed by atoms with Crippen LogP contribution in [0.25, 0.3) is 0 Å². The Morgan fingerprint density at radius 2 is 2.32 bits per heavy atom. The van der Waals surface area contributed by atoms with Crippen LogP contribution in [-0.2, 0) is 4.79 Å². The van der Waals surface area contributed by atoms with Crippen LogP contribution in [-0.4, -0.2) is 27.8 Å². The maximum atomic E-state index is 11.7. The first-order valence-electron chi connectivity index (χ1n) is 6.03. The Balaban J connectivity index is 2.03. The van der Waals surface area contributed by atoms with E-state index in [1.807, 2.05) is 25.1 Å². The third kappa shape index (κ3) is 1.95. The van der Waals surface area contributed by atoms with Crippen molar-refractivity contribution < 1.29 is 9.53 Å². The number of fused-ring (bicyclic) bond motifs is 1. The monoisotopic (exact) mass is 258 g/mol. The Kier molecular flexibility index (Phi) is 2.70. The van der Waals surface area contributed by atoms with Gasteiger partial charge in [0.25, 0.3) is 0 Å². The minimum Gasteiger partial charge on any atom is -0.496 e. The van der Waals surface area contributed by atoms with Gasteiger partial charge in [-0.15, -0.1) is 0 Å². The van der Waals surface area contributed by atoms with Gasteiger partial charge >= 0.3 is 0 Å². The SMILES string of the molecule is COc1ccc([C@@H]2CC(=O)Nc3ncnn32)cc1C. The number of carbonyl (C=O) groups excluding carboxylic acids is 1. The number of aromatic nitrogens is 3. The van der Waals surface area contributed by atoms with Gasteiger partial charge in [-0.1, -0.05) is 12.1 Å². The van der Waals surface area contributed by atoms with E-state index >= 15 is 0 Å². The van der Waals surface area contributed by atoms with Crippen molar-refractivity contribution in [2.24, 2.45) is 0 Å². The molecule has 2 aromatic rings. The summed E-state index contributed by atoms with van der Waals surface area (Å²) in [6.07, 6.45) is 1.81. The first-order valence-corrected chi connectivity index (χ1v) is 6.03. The lowest BCUT2D eigenvalue weighted by Gasteiger charge is -2.24. The van der Waals surface area contributed by atoms with E-state index in [1.165, 1.54) is 6.33 Å². The number of rotatable bonds is 2. The van der Waals surface area contributed by atoms with Gasteiger partial charge < -0.3 is 4.74 Å². The number of amides is 1. The second-order valence-corrected chi connectivity index (χ2v) is 4.53. The molecule has 2 heterocycles. The van der Waals surface area contributed by atoms with E-state index in [4.69, 9.17) is 4.74 Å². The predicted octanol–water partition coefficient (Wildman–Crippen LogP) is 1.53. The van der Waals surface area contributed by atoms with E-state index in [9.17, 15) is 4.79 Å². The van der Waals surface area contributed by atoms with Crippen LogP contribution in [0.2, 0.25) is 0 Å². The number of hydrogen-bond acceptors (Lipinski definition) is 4. The molecule has 1 aliphatic rings. The average molecular weight is 258 g/mol. The molecule has 0 spiro atoms. The van der Waals surface area contributed by atoms with Crippen molar-refractivity contribution in [3.63, 3.8) is 0 Å². The van der Waals surface area contributed by atoms with Crippen LogP contribution in [0.15, 0.2) is 24.5 Å². The van der Waals surface area contributed by atoms with Crippen molar-refractivity contribution in [3.8, 4) is 5.75 Å². The number of nitrogens with zero attached hydrogens (tertiary/aromatic N) is 3. The fraction of sp³-hybridized carbons (Fsp3) is 0.308. The van der Waals surface area contributed by atoms with E-state index in [-0.39, 0.29) is 11.9 Å². The van der Waals surface area contributed by atoms with E-state index in [2.05, 4.69) is 15.4 Å². The van der Waals surface area contributed by atoms with Gasteiger partial charge in [0.1, 0.15) is 12.1 Å². The van der Waals surface area contributed by atoms with Crippen LogP contribution in [0.5, 0.6) is 5.75 Å². The summed E-state index contributed by atoms with van der Waals surface area (Å²) in [6.45, 7) is 1.98. The summed E-state index contributed by atoms with van der Waals surface area (Å²) in [5, 5.41) is 6.88. The molecule has 98 valence electrons. The summed E-state index contributed by atoms with van der Waals surface area (Å²) < 4.78 is 6.99. The molecule has 0 bridgehead atoms. The highest BCUT2D eigenvalue weighted by atomic mass is 16.5. The number of hydrogen-bond donors (Lipinski definition) is 1. The first kappa shape index (κ1) is 11.7. The summed E-state index contributed by atoms with van der Waals surface area (Å²) in [4.78, 5) is 15.7. The Morgan fingerprint density at radius 1 is 1.47 bits per heavy atom. The number of methoxy groups -OCH3 is 1. The van der Waals surface area contributed by atoms with Gasteiger partial charge in [0.05, 0.1) is 19.6 Å². The van der Waals surface area contributed by atoms with Crippen molar-refractivity contribution in [1.29, 1.82) is 0 Å². The summed E-state index contributed by atoms with van der Waals surface area (Å²) >= 11 is 0. The van der Waals surface area contributed by atoms with Crippen molar-refractivity contribution in [2.75, 3.05) is 12.4 Å². The van der Waals surface area contributed by atoms with Gasteiger partial charge in [0.15, 0.2) is 0 Å². The van der Waals surface area contributed by atoms with Crippen LogP contribution >= 0.6 is 0 Å². The summed E-state index contributed by atoms with van der Waals surface area (Å²) in [7, 11) is 1.64. The van der Waals surface area contributed by atoms with Crippen molar-refractivity contribution in [2.45, 2.75) is 19.4 Å². The standard InChI is InChI=1S/C13H14N4O2/c1-8-5-9(3-4-11(8)19-2)10-6-12(18)16-13-14-7-15-17(10)13/h3-5,7,10H,6H2,1-2H3,(H,14,15,16,18)/t10-/m0/s1. The molecule has 0 fully saturated rings. The largest absolute Gasteiger partial charge is 0.496 e. The van der Waals surface area contributed by atoms with Crippen molar-refractivity contribution >= 4 is 11.9 Å². The van der Waals surface area contributed by atoms with Gasteiger partial charge in [0, 0.05) is 0 Å². The normalized spacial score (nSPS) is 17.8. The number of carbonyl (C=O) groups is 1. The van der Waals surface area contributed by atoms with E-state index in [0.29, 0.717) is 12.4 Å². The lowest BCUT2D eigenvalue weighted by atomic mass is 10.00. The molecule has 6 nitrogen and oxygen atoms in total. The number of anilines is 1. The third-order valence-corrected chi connectivity index (χ3v) is 3.30. The number of nitrogens with one attached hydrogen (secondary N) is 1. The number of benzene rings is 1. The maximum absolute atomic E-state index is 11.7. The maximum Gasteiger partial charge on any atom is 0.229 e. The van der Waals surface area contributed by atoms with Crippen LogP contribution in [0.4, 0.5) is 5.95 Å². The first-order chi connectivity index (χ1) is 9.19. The molecular formula is C13H14N4O2. The molecule has 1 aliphatic heterocycles. The smallest absolute Gasteiger partial charge is 0.229 e. The fourth-order valence-corrected chi connectivity index (χ4v) is 2.37. The second kappa shape index (κ2) is 4.38. The third-order valence-electron chi connectivity index (χ3n) is 3.30. The van der Waals surface area contributed by atoms with E-state index in [1.54, 1.807) is 11.8 Å². The minimum atomic E-state index is -0.115. The van der Waals surface area contributed by atoms with E-state index < -0.39 is 0 Å². The lowest BCUT2D eigenvalue weighted by Crippen LogP contribution is -2.29. The molecule has 0 saturated carbocycles. The molecule has 0 aliphatic carbocycles. The van der Waals surface area contributed by atoms with Gasteiger partial charge in [-0.25, -0.2) is 4.68 Å². The van der Waals surface area contributed by atoms with Gasteiger partial charge in [-0.3, -0.25) is 10.1 Å². The average Bonchev–Trinajstić information content (AvgIpc) is 2.85. The zero-order valence-corrected chi connectivity index (χ0v) is 10.8. The molecule has 0 radical (unpaired) electrons. The fourth-order valence-electron chi connectivity index (χ4n) is 2.37. The van der Waals surface area contributed by atoms with Gasteiger partial charge in [-0.2, -0.15) is 10.1 Å². The molecule has 19 heavy (non-hydrogen) atoms. The highest BCUT2D eigenvalue weighted by Gasteiger charge is 2.27. The quantitative estimate of drug-likeness (QED) is 0.886. The minimum absolute atomic E-state index is 0.0426. The van der Waals surface area contributed by atoms with Crippen LogP contribution in [0.1, 0.15) is 23.6 Å². The lowest BCUT2D eigenvalue weighted by molar-refractivity contribution is -0.117. The summed E-state index contributed by atoms with van der Waals surface area (Å²) in [5.41, 5.74) is 2.06. The number of aryl methyl sites for hydroxylation is 1. The molecule has 1 amide bonds. The molecule has 1 aromatic heterocycles. The zero-order valence-electron chi connectivity index (χ0n) is 10.8. The predicted molar refractivity (Wildman–Crippen MR) is 69.1 cm³/mol. The molecular weight excluding hydrogens is 244 g/mol. The Hall–Kier alpha value is -2.37. The molecule has 3 rings (SSSR count). The Morgan fingerprint density at radius 3 is 3.05 bits per heavy atom. The molecule has 1 atom stereocenters. The highest BCUT2D eigenvalue weighted by molar-refractivity contribution is 5.91. The van der Waals surface area contributed by atoms with Crippen LogP contribution in [0, 0.1) is 6.92 Å². The van der Waals surface area contributed by atoms with Gasteiger partial charge in [0.2, 0.25) is 11.9 Å². The van der Waals surface area contributed by atoms with E-state index in [0.717, 1.165) is 16.9 Å². The zero-order chi connectivity index (χ0) is 13.4. The molecule has 6 heteroatoms. The topological polar surface area (TPSA) is 69.0 Å². The Labute approximate surface area is 110 Å². The van der Waals surface area contributed by atoms with Crippen molar-refractivity contribution in [3.05, 3.63) is 35.7 Å². The molecule has 0 unspecified atom stereocenters. The second-order valence-electron chi connectivity index (χ2n) is 4.53. The molecule has 1 aromatic carbocycles. The summed E-state index contributed by atoms with van der Waals surface area (Å²) in [5.74, 6) is 1.29. The molecule has 0 saturated heterocycles. The number of ether oxygens (including phenoxy) is 1. The van der Waals surface area contributed by atoms with Crippen molar-refractivity contribution in [1.82, 2.24) is 14.8 Å². The van der Waals surface area contributed by atoms with Crippen LogP contribution in [0.3, 0.4) is 0 Å². The highest BCUT2D eigenvalue weighted by Crippen LogP contribution is 2.30. The van der Waals surface area contributed by atoms with Gasteiger partial charge in [-0.05, 0) is 24.1 Å².